The average Bonchev–Trinajstić information content (AvgIpc) is 3.08. The molecule has 2 heterocycles. The van der Waals surface area contributed by atoms with Gasteiger partial charge < -0.3 is 9.30 Å². The first kappa shape index (κ1) is 14.4. The van der Waals surface area contributed by atoms with Gasteiger partial charge in [-0.05, 0) is 36.4 Å². The molecular formula is C17H13ClN2O2. The van der Waals surface area contributed by atoms with E-state index in [1.165, 1.54) is 0 Å². The molecule has 0 unspecified atom stereocenters. The molecule has 0 fully saturated rings. The van der Waals surface area contributed by atoms with Crippen LogP contribution in [0.25, 0.3) is 5.69 Å². The Morgan fingerprint density at radius 1 is 1.14 bits per heavy atom. The van der Waals surface area contributed by atoms with Gasteiger partial charge in [-0.3, -0.25) is 0 Å². The highest BCUT2D eigenvalue weighted by Crippen LogP contribution is 2.15. The highest BCUT2D eigenvalue weighted by molar-refractivity contribution is 6.30. The molecule has 4 nitrogen and oxygen atoms in total. The summed E-state index contributed by atoms with van der Waals surface area (Å²) < 4.78 is 7.22. The number of rotatable bonds is 4. The highest BCUT2D eigenvalue weighted by Gasteiger charge is 2.10. The SMILES string of the molecule is O=C(OCc1cccnc1Cl)c1cccc(-n2cccc2)c1. The Balaban J connectivity index is 1.73. The zero-order chi connectivity index (χ0) is 15.4. The number of carbonyl (C=O) groups excluding carboxylic acids is 1. The predicted molar refractivity (Wildman–Crippen MR) is 84.1 cm³/mol. The molecule has 0 aliphatic rings. The lowest BCUT2D eigenvalue weighted by Gasteiger charge is -2.08. The van der Waals surface area contributed by atoms with Gasteiger partial charge in [0.05, 0.1) is 5.56 Å². The third-order valence-corrected chi connectivity index (χ3v) is 3.52. The zero-order valence-electron chi connectivity index (χ0n) is 11.6. The van der Waals surface area contributed by atoms with E-state index in [1.807, 2.05) is 41.2 Å². The quantitative estimate of drug-likeness (QED) is 0.542. The molecule has 5 heteroatoms. The Hall–Kier alpha value is -2.59. The lowest BCUT2D eigenvalue weighted by atomic mass is 10.2. The monoisotopic (exact) mass is 312 g/mol. The van der Waals surface area contributed by atoms with Gasteiger partial charge in [0.1, 0.15) is 11.8 Å². The van der Waals surface area contributed by atoms with Crippen molar-refractivity contribution in [2.45, 2.75) is 6.61 Å². The van der Waals surface area contributed by atoms with E-state index >= 15 is 0 Å². The molecule has 0 spiro atoms. The fourth-order valence-corrected chi connectivity index (χ4v) is 2.23. The van der Waals surface area contributed by atoms with Crippen molar-refractivity contribution in [2.24, 2.45) is 0 Å². The van der Waals surface area contributed by atoms with Crippen LogP contribution in [0.3, 0.4) is 0 Å². The Bertz CT molecular complexity index is 785. The summed E-state index contributed by atoms with van der Waals surface area (Å²) in [6.07, 6.45) is 5.42. The molecule has 2 aromatic heterocycles. The van der Waals surface area contributed by atoms with Crippen LogP contribution in [0.1, 0.15) is 15.9 Å². The minimum atomic E-state index is -0.395. The largest absolute Gasteiger partial charge is 0.457 e. The van der Waals surface area contributed by atoms with Crippen molar-refractivity contribution in [1.82, 2.24) is 9.55 Å². The molecule has 0 aliphatic carbocycles. The Labute approximate surface area is 132 Å². The fourth-order valence-electron chi connectivity index (χ4n) is 2.05. The third kappa shape index (κ3) is 3.18. The maximum Gasteiger partial charge on any atom is 0.338 e. The van der Waals surface area contributed by atoms with Crippen molar-refractivity contribution in [1.29, 1.82) is 0 Å². The minimum Gasteiger partial charge on any atom is -0.457 e. The molecule has 0 aliphatic heterocycles. The van der Waals surface area contributed by atoms with Crippen LogP contribution in [0.15, 0.2) is 67.1 Å². The van der Waals surface area contributed by atoms with E-state index in [1.54, 1.807) is 30.5 Å². The summed E-state index contributed by atoms with van der Waals surface area (Å²) in [6, 6.07) is 14.6. The molecule has 22 heavy (non-hydrogen) atoms. The van der Waals surface area contributed by atoms with Crippen LogP contribution in [0.4, 0.5) is 0 Å². The molecule has 0 N–H and O–H groups in total. The summed E-state index contributed by atoms with van der Waals surface area (Å²) in [5, 5.41) is 0.344. The normalized spacial score (nSPS) is 10.4. The van der Waals surface area contributed by atoms with E-state index in [0.717, 1.165) is 5.69 Å². The second-order valence-corrected chi connectivity index (χ2v) is 5.03. The van der Waals surface area contributed by atoms with Gasteiger partial charge in [-0.1, -0.05) is 23.7 Å². The van der Waals surface area contributed by atoms with Crippen LogP contribution >= 0.6 is 11.6 Å². The molecule has 0 saturated heterocycles. The summed E-state index contributed by atoms with van der Waals surface area (Å²) in [5.74, 6) is -0.395. The zero-order valence-corrected chi connectivity index (χ0v) is 12.4. The summed E-state index contributed by atoms with van der Waals surface area (Å²) in [7, 11) is 0. The van der Waals surface area contributed by atoms with E-state index in [0.29, 0.717) is 16.3 Å². The van der Waals surface area contributed by atoms with E-state index in [4.69, 9.17) is 16.3 Å². The van der Waals surface area contributed by atoms with Gasteiger partial charge in [0.25, 0.3) is 0 Å². The molecule has 3 aromatic rings. The number of halogens is 1. The maximum absolute atomic E-state index is 12.2. The van der Waals surface area contributed by atoms with E-state index in [-0.39, 0.29) is 6.61 Å². The van der Waals surface area contributed by atoms with Gasteiger partial charge in [0.15, 0.2) is 0 Å². The van der Waals surface area contributed by atoms with Gasteiger partial charge in [0.2, 0.25) is 0 Å². The van der Waals surface area contributed by atoms with Gasteiger partial charge in [-0.25, -0.2) is 9.78 Å². The third-order valence-electron chi connectivity index (χ3n) is 3.18. The van der Waals surface area contributed by atoms with Crippen LogP contribution in [0.2, 0.25) is 5.15 Å². The van der Waals surface area contributed by atoms with Gasteiger partial charge in [-0.2, -0.15) is 0 Å². The lowest BCUT2D eigenvalue weighted by Crippen LogP contribution is -2.06. The van der Waals surface area contributed by atoms with Gasteiger partial charge in [-0.15, -0.1) is 0 Å². The number of ether oxygens (including phenoxy) is 1. The number of benzene rings is 1. The van der Waals surface area contributed by atoms with Crippen molar-refractivity contribution in [3.63, 3.8) is 0 Å². The van der Waals surface area contributed by atoms with E-state index < -0.39 is 5.97 Å². The summed E-state index contributed by atoms with van der Waals surface area (Å²) in [5.41, 5.74) is 2.07. The minimum absolute atomic E-state index is 0.0965. The van der Waals surface area contributed by atoms with Crippen LogP contribution in [-0.2, 0) is 11.3 Å². The van der Waals surface area contributed by atoms with Gasteiger partial charge >= 0.3 is 5.97 Å². The van der Waals surface area contributed by atoms with E-state index in [2.05, 4.69) is 4.98 Å². The highest BCUT2D eigenvalue weighted by atomic mass is 35.5. The maximum atomic E-state index is 12.2. The first-order chi connectivity index (χ1) is 10.7. The van der Waals surface area contributed by atoms with Crippen LogP contribution in [-0.4, -0.2) is 15.5 Å². The molecule has 1 aromatic carbocycles. The number of carbonyl (C=O) groups is 1. The summed E-state index contributed by atoms with van der Waals surface area (Å²) in [4.78, 5) is 16.1. The average molecular weight is 313 g/mol. The van der Waals surface area contributed by atoms with Crippen molar-refractivity contribution in [3.8, 4) is 5.69 Å². The standard InChI is InChI=1S/C17H13ClN2O2/c18-16-14(6-4-8-19-16)12-22-17(21)13-5-3-7-15(11-13)20-9-1-2-10-20/h1-11H,12H2. The van der Waals surface area contributed by atoms with Crippen LogP contribution < -0.4 is 0 Å². The first-order valence-electron chi connectivity index (χ1n) is 6.74. The lowest BCUT2D eigenvalue weighted by molar-refractivity contribution is 0.0472. The Morgan fingerprint density at radius 3 is 2.73 bits per heavy atom. The predicted octanol–water partition coefficient (Wildman–Crippen LogP) is 3.88. The molecule has 0 atom stereocenters. The van der Waals surface area contributed by atoms with Crippen molar-refractivity contribution in [3.05, 3.63) is 83.4 Å². The molecular weight excluding hydrogens is 300 g/mol. The fraction of sp³-hybridized carbons (Fsp3) is 0.0588. The molecule has 110 valence electrons. The topological polar surface area (TPSA) is 44.1 Å². The number of aromatic nitrogens is 2. The molecule has 0 saturated carbocycles. The Morgan fingerprint density at radius 2 is 1.95 bits per heavy atom. The molecule has 0 bridgehead atoms. The number of nitrogens with zero attached hydrogens (tertiary/aromatic N) is 2. The van der Waals surface area contributed by atoms with Crippen LogP contribution in [0.5, 0.6) is 0 Å². The molecule has 0 amide bonds. The van der Waals surface area contributed by atoms with Gasteiger partial charge in [0, 0.05) is 29.8 Å². The number of hydrogen-bond acceptors (Lipinski definition) is 3. The molecule has 0 radical (unpaired) electrons. The first-order valence-corrected chi connectivity index (χ1v) is 7.12. The van der Waals surface area contributed by atoms with Crippen molar-refractivity contribution in [2.75, 3.05) is 0 Å². The number of pyridine rings is 1. The number of hydrogen-bond donors (Lipinski definition) is 0. The van der Waals surface area contributed by atoms with Crippen LogP contribution in [0, 0.1) is 0 Å². The number of esters is 1. The van der Waals surface area contributed by atoms with Crippen molar-refractivity contribution < 1.29 is 9.53 Å². The second kappa shape index (κ2) is 6.45. The second-order valence-electron chi connectivity index (χ2n) is 4.67. The summed E-state index contributed by atoms with van der Waals surface area (Å²) in [6.45, 7) is 0.0965. The van der Waals surface area contributed by atoms with E-state index in [9.17, 15) is 4.79 Å². The smallest absolute Gasteiger partial charge is 0.338 e. The van der Waals surface area contributed by atoms with Crippen molar-refractivity contribution >= 4 is 17.6 Å². The summed E-state index contributed by atoms with van der Waals surface area (Å²) >= 11 is 5.94. The molecule has 3 rings (SSSR count). The Kier molecular flexibility index (Phi) is 4.21.